The average Bonchev–Trinajstić information content (AvgIpc) is 2.96. The lowest BCUT2D eigenvalue weighted by Gasteiger charge is -2.36. The summed E-state index contributed by atoms with van der Waals surface area (Å²) in [6.07, 6.45) is 7.84. The van der Waals surface area contributed by atoms with E-state index in [2.05, 4.69) is 10.00 Å². The smallest absolute Gasteiger partial charge is 0.250 e. The molecule has 0 aromatic carbocycles. The lowest BCUT2D eigenvalue weighted by Crippen LogP contribution is -2.43. The van der Waals surface area contributed by atoms with Gasteiger partial charge in [0, 0.05) is 38.0 Å². The zero-order chi connectivity index (χ0) is 14.3. The molecule has 0 unspecified atom stereocenters. The summed E-state index contributed by atoms with van der Waals surface area (Å²) in [6.45, 7) is 1.50. The van der Waals surface area contributed by atoms with Crippen LogP contribution < -0.4 is 0 Å². The lowest BCUT2D eigenvalue weighted by molar-refractivity contribution is -0.0133. The van der Waals surface area contributed by atoms with Crippen LogP contribution in [0.4, 0.5) is 0 Å². The van der Waals surface area contributed by atoms with Crippen molar-refractivity contribution >= 4 is 10.0 Å². The molecule has 2 aliphatic rings. The second kappa shape index (κ2) is 5.13. The Labute approximate surface area is 119 Å². The molecule has 1 aromatic rings. The van der Waals surface area contributed by atoms with Gasteiger partial charge in [-0.2, -0.15) is 9.19 Å². The predicted octanol–water partition coefficient (Wildman–Crippen LogP) is 0.964. The van der Waals surface area contributed by atoms with Gasteiger partial charge in [-0.1, -0.05) is 12.8 Å². The molecule has 0 bridgehead atoms. The van der Waals surface area contributed by atoms with Crippen molar-refractivity contribution in [3.8, 4) is 0 Å². The molecule has 0 radical (unpaired) electrons. The number of methoxy groups -OCH3 is 1. The molecule has 1 aliphatic carbocycles. The average molecular weight is 299 g/mol. The standard InChI is InChI=1S/C13H21N3O3S/c1-19-13-6-4-3-5-12(13)15-7-10-8-16(20(2,17)18)14-11(10)9-15/h8,12-13H,3-7,9H2,1-2H3/t12-,13+/m1/s1. The molecule has 0 spiro atoms. The fourth-order valence-electron chi connectivity index (χ4n) is 3.33. The van der Waals surface area contributed by atoms with Crippen LogP contribution in [-0.2, 0) is 27.8 Å². The first-order chi connectivity index (χ1) is 9.49. The van der Waals surface area contributed by atoms with Gasteiger partial charge in [0.15, 0.2) is 0 Å². The monoisotopic (exact) mass is 299 g/mol. The number of ether oxygens (including phenoxy) is 1. The largest absolute Gasteiger partial charge is 0.380 e. The summed E-state index contributed by atoms with van der Waals surface area (Å²) in [4.78, 5) is 2.37. The molecule has 2 atom stereocenters. The highest BCUT2D eigenvalue weighted by molar-refractivity contribution is 7.89. The molecule has 1 fully saturated rings. The van der Waals surface area contributed by atoms with Crippen molar-refractivity contribution < 1.29 is 13.2 Å². The quantitative estimate of drug-likeness (QED) is 0.832. The van der Waals surface area contributed by atoms with Crippen LogP contribution in [0.5, 0.6) is 0 Å². The number of fused-ring (bicyclic) bond motifs is 1. The van der Waals surface area contributed by atoms with E-state index < -0.39 is 10.0 Å². The minimum atomic E-state index is -3.28. The minimum absolute atomic E-state index is 0.287. The van der Waals surface area contributed by atoms with E-state index in [9.17, 15) is 8.42 Å². The van der Waals surface area contributed by atoms with Crippen molar-refractivity contribution in [3.63, 3.8) is 0 Å². The van der Waals surface area contributed by atoms with Crippen molar-refractivity contribution in [1.29, 1.82) is 0 Å². The highest BCUT2D eigenvalue weighted by atomic mass is 32.2. The Balaban J connectivity index is 1.75. The molecule has 20 heavy (non-hydrogen) atoms. The molecule has 1 aromatic heterocycles. The van der Waals surface area contributed by atoms with Gasteiger partial charge in [-0.3, -0.25) is 4.90 Å². The second-order valence-electron chi connectivity index (χ2n) is 5.77. The van der Waals surface area contributed by atoms with E-state index >= 15 is 0 Å². The van der Waals surface area contributed by atoms with Gasteiger partial charge in [0.1, 0.15) is 0 Å². The summed E-state index contributed by atoms with van der Waals surface area (Å²) >= 11 is 0. The maximum absolute atomic E-state index is 11.5. The Bertz CT molecular complexity index is 573. The molecule has 3 rings (SSSR count). The number of hydrogen-bond acceptors (Lipinski definition) is 5. The highest BCUT2D eigenvalue weighted by Gasteiger charge is 2.35. The van der Waals surface area contributed by atoms with Gasteiger partial charge in [0.05, 0.1) is 18.1 Å². The van der Waals surface area contributed by atoms with Gasteiger partial charge in [-0.15, -0.1) is 0 Å². The molecule has 6 nitrogen and oxygen atoms in total. The van der Waals surface area contributed by atoms with Crippen molar-refractivity contribution in [2.75, 3.05) is 13.4 Å². The third-order valence-corrected chi connectivity index (χ3v) is 5.23. The van der Waals surface area contributed by atoms with Crippen LogP contribution in [0.25, 0.3) is 0 Å². The Morgan fingerprint density at radius 1 is 1.30 bits per heavy atom. The number of rotatable bonds is 3. The first-order valence-electron chi connectivity index (χ1n) is 7.04. The number of hydrogen-bond donors (Lipinski definition) is 0. The van der Waals surface area contributed by atoms with Crippen LogP contribution in [0.3, 0.4) is 0 Å². The summed E-state index contributed by atoms with van der Waals surface area (Å²) in [5, 5.41) is 4.20. The molecule has 0 saturated heterocycles. The summed E-state index contributed by atoms with van der Waals surface area (Å²) in [5.74, 6) is 0. The van der Waals surface area contributed by atoms with Crippen LogP contribution in [0, 0.1) is 0 Å². The van der Waals surface area contributed by atoms with Crippen molar-refractivity contribution in [3.05, 3.63) is 17.5 Å². The maximum Gasteiger partial charge on any atom is 0.250 e. The zero-order valence-corrected chi connectivity index (χ0v) is 12.8. The highest BCUT2D eigenvalue weighted by Crippen LogP contribution is 2.31. The Kier molecular flexibility index (Phi) is 3.60. The van der Waals surface area contributed by atoms with Gasteiger partial charge < -0.3 is 4.74 Å². The summed E-state index contributed by atoms with van der Waals surface area (Å²) < 4.78 is 29.7. The Morgan fingerprint density at radius 2 is 2.05 bits per heavy atom. The SMILES string of the molecule is CO[C@H]1CCCC[C@H]1N1Cc2cn(S(C)(=O)=O)nc2C1. The molecular weight excluding hydrogens is 278 g/mol. The predicted molar refractivity (Wildman–Crippen MR) is 74.8 cm³/mol. The van der Waals surface area contributed by atoms with Crippen LogP contribution >= 0.6 is 0 Å². The second-order valence-corrected chi connectivity index (χ2v) is 7.61. The Hall–Kier alpha value is -0.920. The third kappa shape index (κ3) is 2.49. The molecular formula is C13H21N3O3S. The van der Waals surface area contributed by atoms with Crippen LogP contribution in [0.2, 0.25) is 0 Å². The topological polar surface area (TPSA) is 64.4 Å². The van der Waals surface area contributed by atoms with E-state index in [1.54, 1.807) is 13.3 Å². The van der Waals surface area contributed by atoms with Gasteiger partial charge in [-0.05, 0) is 12.8 Å². The van der Waals surface area contributed by atoms with Crippen LogP contribution in [0.1, 0.15) is 36.9 Å². The van der Waals surface area contributed by atoms with Crippen LogP contribution in [-0.4, -0.2) is 48.0 Å². The third-order valence-electron chi connectivity index (χ3n) is 4.36. The van der Waals surface area contributed by atoms with Crippen molar-refractivity contribution in [2.24, 2.45) is 0 Å². The van der Waals surface area contributed by atoms with Gasteiger partial charge >= 0.3 is 0 Å². The minimum Gasteiger partial charge on any atom is -0.380 e. The summed E-state index contributed by atoms with van der Waals surface area (Å²) in [6, 6.07) is 0.426. The molecule has 0 amide bonds. The Morgan fingerprint density at radius 3 is 2.70 bits per heavy atom. The first-order valence-corrected chi connectivity index (χ1v) is 8.88. The molecule has 2 heterocycles. The fraction of sp³-hybridized carbons (Fsp3) is 0.769. The van der Waals surface area contributed by atoms with Gasteiger partial charge in [0.25, 0.3) is 10.0 Å². The molecule has 1 aliphatic heterocycles. The van der Waals surface area contributed by atoms with E-state index in [-0.39, 0.29) is 6.10 Å². The number of aromatic nitrogens is 2. The summed E-state index contributed by atoms with van der Waals surface area (Å²) in [7, 11) is -1.50. The van der Waals surface area contributed by atoms with E-state index in [0.717, 1.165) is 41.3 Å². The number of nitrogens with zero attached hydrogens (tertiary/aromatic N) is 3. The maximum atomic E-state index is 11.5. The van der Waals surface area contributed by atoms with E-state index in [4.69, 9.17) is 4.74 Å². The molecule has 0 N–H and O–H groups in total. The van der Waals surface area contributed by atoms with E-state index in [0.29, 0.717) is 6.04 Å². The van der Waals surface area contributed by atoms with Gasteiger partial charge in [-0.25, -0.2) is 8.42 Å². The normalized spacial score (nSPS) is 27.7. The van der Waals surface area contributed by atoms with Gasteiger partial charge in [0.2, 0.25) is 0 Å². The molecule has 7 heteroatoms. The van der Waals surface area contributed by atoms with E-state index in [1.165, 1.54) is 19.1 Å². The summed E-state index contributed by atoms with van der Waals surface area (Å²) in [5.41, 5.74) is 1.91. The molecule has 1 saturated carbocycles. The lowest BCUT2D eigenvalue weighted by atomic mass is 9.91. The first kappa shape index (κ1) is 14.0. The fourth-order valence-corrected chi connectivity index (χ4v) is 3.89. The molecule has 112 valence electrons. The van der Waals surface area contributed by atoms with Crippen molar-refractivity contribution in [1.82, 2.24) is 14.1 Å². The van der Waals surface area contributed by atoms with E-state index in [1.807, 2.05) is 0 Å². The van der Waals surface area contributed by atoms with Crippen molar-refractivity contribution in [2.45, 2.75) is 50.9 Å². The van der Waals surface area contributed by atoms with Crippen LogP contribution in [0.15, 0.2) is 6.20 Å². The zero-order valence-electron chi connectivity index (χ0n) is 11.9.